The summed E-state index contributed by atoms with van der Waals surface area (Å²) < 4.78 is 0. The number of nitrogens with one attached hydrogen (secondary N) is 1. The van der Waals surface area contributed by atoms with E-state index in [1.54, 1.807) is 0 Å². The van der Waals surface area contributed by atoms with Crippen molar-refractivity contribution in [3.8, 4) is 0 Å². The highest BCUT2D eigenvalue weighted by Crippen LogP contribution is 2.32. The number of hydrogen-bond donors (Lipinski definition) is 1. The lowest BCUT2D eigenvalue weighted by Gasteiger charge is -2.30. The lowest BCUT2D eigenvalue weighted by Crippen LogP contribution is -2.39. The Labute approximate surface area is 112 Å². The maximum Gasteiger partial charge on any atom is 0.00805 e. The summed E-state index contributed by atoms with van der Waals surface area (Å²) in [6.07, 6.45) is 11.5. The molecule has 0 saturated heterocycles. The minimum Gasteiger partial charge on any atom is -0.311 e. The largest absolute Gasteiger partial charge is 0.311 e. The molecule has 17 heavy (non-hydrogen) atoms. The topological polar surface area (TPSA) is 12.0 Å². The second-order valence-corrected chi connectivity index (χ2v) is 7.46. The Hall–Kier alpha value is 0.310. The molecule has 0 aromatic rings. The lowest BCUT2D eigenvalue weighted by atomic mass is 9.84. The summed E-state index contributed by atoms with van der Waals surface area (Å²) in [6, 6.07) is 1.68. The molecule has 2 atom stereocenters. The van der Waals surface area contributed by atoms with Gasteiger partial charge in [0.2, 0.25) is 0 Å². The highest BCUT2D eigenvalue weighted by atomic mass is 32.2. The van der Waals surface area contributed by atoms with E-state index in [0.717, 1.165) is 23.3 Å². The van der Waals surface area contributed by atoms with Gasteiger partial charge in [-0.2, -0.15) is 11.8 Å². The molecule has 0 aromatic heterocycles. The van der Waals surface area contributed by atoms with Crippen LogP contribution in [-0.4, -0.2) is 23.1 Å². The zero-order valence-corrected chi connectivity index (χ0v) is 12.4. The standard InChI is InChI=1S/C15H29NS/c1-3-12-5-7-13(8-6-12)16-14-9-10-15(11-14)17-4-2/h12-16H,3-11H2,1-2H3. The zero-order chi connectivity index (χ0) is 12.1. The van der Waals surface area contributed by atoms with Gasteiger partial charge >= 0.3 is 0 Å². The second kappa shape index (κ2) is 7.04. The van der Waals surface area contributed by atoms with Crippen LogP contribution in [0.5, 0.6) is 0 Å². The van der Waals surface area contributed by atoms with Crippen molar-refractivity contribution in [1.82, 2.24) is 5.32 Å². The van der Waals surface area contributed by atoms with E-state index in [-0.39, 0.29) is 0 Å². The summed E-state index contributed by atoms with van der Waals surface area (Å²) in [4.78, 5) is 0. The fraction of sp³-hybridized carbons (Fsp3) is 1.00. The third kappa shape index (κ3) is 4.17. The van der Waals surface area contributed by atoms with Crippen molar-refractivity contribution < 1.29 is 0 Å². The first kappa shape index (κ1) is 13.7. The maximum atomic E-state index is 3.94. The Bertz CT molecular complexity index is 211. The van der Waals surface area contributed by atoms with Gasteiger partial charge in [-0.15, -0.1) is 0 Å². The van der Waals surface area contributed by atoms with Gasteiger partial charge in [0.25, 0.3) is 0 Å². The molecule has 0 spiro atoms. The van der Waals surface area contributed by atoms with Crippen molar-refractivity contribution in [3.05, 3.63) is 0 Å². The van der Waals surface area contributed by atoms with Crippen LogP contribution in [0.25, 0.3) is 0 Å². The van der Waals surface area contributed by atoms with Gasteiger partial charge in [-0.3, -0.25) is 0 Å². The van der Waals surface area contributed by atoms with E-state index in [4.69, 9.17) is 0 Å². The Morgan fingerprint density at radius 1 is 0.941 bits per heavy atom. The molecule has 2 heteroatoms. The SMILES string of the molecule is CCSC1CCC(NC2CCC(CC)CC2)C1. The molecule has 2 aliphatic rings. The van der Waals surface area contributed by atoms with Crippen molar-refractivity contribution >= 4 is 11.8 Å². The fourth-order valence-electron chi connectivity index (χ4n) is 3.55. The molecule has 1 N–H and O–H groups in total. The molecule has 1 nitrogen and oxygen atoms in total. The predicted octanol–water partition coefficient (Wildman–Crippen LogP) is 4.22. The van der Waals surface area contributed by atoms with Gasteiger partial charge in [0.1, 0.15) is 0 Å². The van der Waals surface area contributed by atoms with Crippen LogP contribution in [0.1, 0.15) is 65.2 Å². The first-order chi connectivity index (χ1) is 8.31. The van der Waals surface area contributed by atoms with Crippen molar-refractivity contribution in [1.29, 1.82) is 0 Å². The molecular formula is C15H29NS. The molecule has 2 aliphatic carbocycles. The van der Waals surface area contributed by atoms with E-state index >= 15 is 0 Å². The Morgan fingerprint density at radius 2 is 1.65 bits per heavy atom. The van der Waals surface area contributed by atoms with E-state index in [1.807, 2.05) is 0 Å². The third-order valence-electron chi connectivity index (χ3n) is 4.68. The summed E-state index contributed by atoms with van der Waals surface area (Å²) in [5, 5.41) is 4.89. The summed E-state index contributed by atoms with van der Waals surface area (Å²) in [6.45, 7) is 4.64. The van der Waals surface area contributed by atoms with Crippen LogP contribution in [0.15, 0.2) is 0 Å². The molecule has 2 saturated carbocycles. The predicted molar refractivity (Wildman–Crippen MR) is 78.7 cm³/mol. The monoisotopic (exact) mass is 255 g/mol. The van der Waals surface area contributed by atoms with Crippen LogP contribution in [0.2, 0.25) is 0 Å². The molecule has 0 heterocycles. The fourth-order valence-corrected chi connectivity index (χ4v) is 4.69. The molecule has 2 rings (SSSR count). The van der Waals surface area contributed by atoms with Crippen LogP contribution in [-0.2, 0) is 0 Å². The average Bonchev–Trinajstić information content (AvgIpc) is 2.78. The molecular weight excluding hydrogens is 226 g/mol. The first-order valence-corrected chi connectivity index (χ1v) is 8.74. The van der Waals surface area contributed by atoms with Crippen molar-refractivity contribution in [2.45, 2.75) is 82.5 Å². The number of hydrogen-bond acceptors (Lipinski definition) is 2. The molecule has 2 fully saturated rings. The van der Waals surface area contributed by atoms with E-state index in [1.165, 1.54) is 57.1 Å². The van der Waals surface area contributed by atoms with Gasteiger partial charge in [0.15, 0.2) is 0 Å². The molecule has 100 valence electrons. The second-order valence-electron chi connectivity index (χ2n) is 5.88. The zero-order valence-electron chi connectivity index (χ0n) is 11.6. The minimum atomic E-state index is 0.835. The van der Waals surface area contributed by atoms with E-state index in [2.05, 4.69) is 30.9 Å². The maximum absolute atomic E-state index is 3.94. The van der Waals surface area contributed by atoms with Crippen molar-refractivity contribution in [2.24, 2.45) is 5.92 Å². The average molecular weight is 255 g/mol. The van der Waals surface area contributed by atoms with E-state index < -0.39 is 0 Å². The van der Waals surface area contributed by atoms with E-state index in [0.29, 0.717) is 0 Å². The number of thioether (sulfide) groups is 1. The third-order valence-corrected chi connectivity index (χ3v) is 5.92. The molecule has 0 amide bonds. The summed E-state index contributed by atoms with van der Waals surface area (Å²) in [7, 11) is 0. The van der Waals surface area contributed by atoms with Gasteiger partial charge in [-0.1, -0.05) is 20.3 Å². The van der Waals surface area contributed by atoms with Crippen LogP contribution in [0.3, 0.4) is 0 Å². The van der Waals surface area contributed by atoms with Gasteiger partial charge in [0.05, 0.1) is 0 Å². The Kier molecular flexibility index (Phi) is 5.68. The van der Waals surface area contributed by atoms with Crippen LogP contribution in [0.4, 0.5) is 0 Å². The van der Waals surface area contributed by atoms with Crippen LogP contribution in [0, 0.1) is 5.92 Å². The van der Waals surface area contributed by atoms with E-state index in [9.17, 15) is 0 Å². The quantitative estimate of drug-likeness (QED) is 0.789. The molecule has 0 radical (unpaired) electrons. The summed E-state index contributed by atoms with van der Waals surface area (Å²) in [5.41, 5.74) is 0. The highest BCUT2D eigenvalue weighted by molar-refractivity contribution is 7.99. The van der Waals surface area contributed by atoms with Crippen LogP contribution >= 0.6 is 11.8 Å². The van der Waals surface area contributed by atoms with Gasteiger partial charge < -0.3 is 5.32 Å². The minimum absolute atomic E-state index is 0.835. The Morgan fingerprint density at radius 3 is 2.29 bits per heavy atom. The molecule has 2 unspecified atom stereocenters. The summed E-state index contributed by atoms with van der Waals surface area (Å²) in [5.74, 6) is 2.32. The van der Waals surface area contributed by atoms with Gasteiger partial charge in [-0.05, 0) is 56.6 Å². The molecule has 0 aliphatic heterocycles. The lowest BCUT2D eigenvalue weighted by molar-refractivity contribution is 0.269. The smallest absolute Gasteiger partial charge is 0.00805 e. The molecule has 0 aromatic carbocycles. The van der Waals surface area contributed by atoms with Gasteiger partial charge in [-0.25, -0.2) is 0 Å². The Balaban J connectivity index is 1.65. The highest BCUT2D eigenvalue weighted by Gasteiger charge is 2.28. The van der Waals surface area contributed by atoms with Crippen molar-refractivity contribution in [3.63, 3.8) is 0 Å². The van der Waals surface area contributed by atoms with Gasteiger partial charge in [0, 0.05) is 17.3 Å². The van der Waals surface area contributed by atoms with Crippen LogP contribution < -0.4 is 5.32 Å². The molecule has 0 bridgehead atoms. The van der Waals surface area contributed by atoms with Crippen molar-refractivity contribution in [2.75, 3.05) is 5.75 Å². The summed E-state index contributed by atoms with van der Waals surface area (Å²) >= 11 is 2.17. The number of rotatable bonds is 5. The normalized spacial score (nSPS) is 38.5. The first-order valence-electron chi connectivity index (χ1n) is 7.69.